The van der Waals surface area contributed by atoms with E-state index < -0.39 is 0 Å². The average molecular weight is 365 g/mol. The lowest BCUT2D eigenvalue weighted by atomic mass is 9.83. The molecule has 1 saturated heterocycles. The smallest absolute Gasteiger partial charge is 0.258 e. The molecule has 5 heterocycles. The molecule has 1 fully saturated rings. The second-order valence-electron chi connectivity index (χ2n) is 7.43. The van der Waals surface area contributed by atoms with Crippen LogP contribution < -0.4 is 10.5 Å². The van der Waals surface area contributed by atoms with E-state index in [-0.39, 0.29) is 5.56 Å². The molecule has 5 nitrogen and oxygen atoms in total. The monoisotopic (exact) mass is 365 g/mol. The number of piperidine rings is 1. The Bertz CT molecular complexity index is 967. The third-order valence-electron chi connectivity index (χ3n) is 5.67. The zero-order chi connectivity index (χ0) is 17.5. The molecule has 132 valence electrons. The summed E-state index contributed by atoms with van der Waals surface area (Å²) in [5.41, 5.74) is 2.81. The van der Waals surface area contributed by atoms with Gasteiger partial charge in [0, 0.05) is 42.0 Å². The number of likely N-dealkylation sites (tertiary alicyclic amines) is 1. The van der Waals surface area contributed by atoms with Gasteiger partial charge in [-0.1, -0.05) is 6.07 Å². The van der Waals surface area contributed by atoms with E-state index in [9.17, 15) is 4.79 Å². The van der Waals surface area contributed by atoms with Crippen molar-refractivity contribution in [1.29, 1.82) is 0 Å². The Kier molecular flexibility index (Phi) is 3.94. The van der Waals surface area contributed by atoms with Crippen molar-refractivity contribution in [3.8, 4) is 11.1 Å². The quantitative estimate of drug-likeness (QED) is 0.767. The van der Waals surface area contributed by atoms with Crippen molar-refractivity contribution in [1.82, 2.24) is 14.5 Å². The van der Waals surface area contributed by atoms with Crippen molar-refractivity contribution in [3.05, 3.63) is 69.3 Å². The third kappa shape index (κ3) is 2.79. The molecule has 0 amide bonds. The summed E-state index contributed by atoms with van der Waals surface area (Å²) >= 11 is 1.84. The van der Waals surface area contributed by atoms with Gasteiger partial charge < -0.3 is 9.47 Å². The largest absolute Gasteiger partial charge is 0.330 e. The summed E-state index contributed by atoms with van der Waals surface area (Å²) in [5, 5.41) is 2.16. The first-order valence-corrected chi connectivity index (χ1v) is 10.0. The Morgan fingerprint density at radius 2 is 2.08 bits per heavy atom. The van der Waals surface area contributed by atoms with Gasteiger partial charge in [-0.2, -0.15) is 0 Å². The van der Waals surface area contributed by atoms with E-state index in [0.29, 0.717) is 17.4 Å². The first-order chi connectivity index (χ1) is 12.8. The zero-order valence-corrected chi connectivity index (χ0v) is 15.3. The van der Waals surface area contributed by atoms with Crippen LogP contribution in [0, 0.1) is 5.92 Å². The van der Waals surface area contributed by atoms with Gasteiger partial charge in [-0.05, 0) is 30.0 Å². The maximum atomic E-state index is 13.1. The lowest BCUT2D eigenvalue weighted by molar-refractivity contribution is -0.924. The van der Waals surface area contributed by atoms with Crippen LogP contribution in [0.4, 0.5) is 0 Å². The lowest BCUT2D eigenvalue weighted by Gasteiger charge is -2.40. The van der Waals surface area contributed by atoms with Gasteiger partial charge in [0.05, 0.1) is 23.5 Å². The molecule has 2 bridgehead atoms. The van der Waals surface area contributed by atoms with Gasteiger partial charge >= 0.3 is 0 Å². The van der Waals surface area contributed by atoms with Gasteiger partial charge in [-0.15, -0.1) is 11.3 Å². The van der Waals surface area contributed by atoms with Crippen molar-refractivity contribution >= 4 is 11.3 Å². The maximum absolute atomic E-state index is 13.1. The number of pyridine rings is 1. The molecule has 0 aromatic carbocycles. The Morgan fingerprint density at radius 3 is 2.88 bits per heavy atom. The van der Waals surface area contributed by atoms with Crippen LogP contribution in [-0.4, -0.2) is 27.6 Å². The van der Waals surface area contributed by atoms with Crippen LogP contribution in [0.25, 0.3) is 11.1 Å². The van der Waals surface area contributed by atoms with Crippen LogP contribution in [0.5, 0.6) is 0 Å². The minimum Gasteiger partial charge on any atom is -0.330 e. The fourth-order valence-electron chi connectivity index (χ4n) is 4.63. The Hall–Kier alpha value is -2.31. The standard InChI is InChI=1S/C20H20N4OS/c25-20-18(16-7-21-13-22-8-16)3-4-19-15-6-14(10-24(19)20)9-23(11-15)12-17-2-1-5-26-17/h1-5,7-8,13-15H,6,9-12H2/p+1/t14-,15+/m0/s1. The highest BCUT2D eigenvalue weighted by Crippen LogP contribution is 2.31. The molecule has 0 spiro atoms. The number of aromatic nitrogens is 3. The Balaban J connectivity index is 1.46. The van der Waals surface area contributed by atoms with Crippen molar-refractivity contribution in [3.63, 3.8) is 0 Å². The molecule has 2 aliphatic heterocycles. The van der Waals surface area contributed by atoms with E-state index in [1.54, 1.807) is 17.3 Å². The van der Waals surface area contributed by atoms with Crippen LogP contribution in [0.15, 0.2) is 53.2 Å². The fourth-order valence-corrected chi connectivity index (χ4v) is 5.41. The molecule has 5 rings (SSSR count). The number of quaternary nitrogens is 1. The van der Waals surface area contributed by atoms with Gasteiger partial charge in [0.1, 0.15) is 12.9 Å². The van der Waals surface area contributed by atoms with Gasteiger partial charge in [0.25, 0.3) is 5.56 Å². The predicted octanol–water partition coefficient (Wildman–Crippen LogP) is 1.57. The molecule has 1 N–H and O–H groups in total. The number of rotatable bonds is 3. The highest BCUT2D eigenvalue weighted by Gasteiger charge is 2.37. The molecule has 26 heavy (non-hydrogen) atoms. The first kappa shape index (κ1) is 15.9. The van der Waals surface area contributed by atoms with Crippen LogP contribution in [0.2, 0.25) is 0 Å². The molecule has 1 unspecified atom stereocenters. The molecular formula is C20H21N4OS+. The van der Waals surface area contributed by atoms with Crippen molar-refractivity contribution in [2.45, 2.75) is 25.4 Å². The molecular weight excluding hydrogens is 344 g/mol. The van der Waals surface area contributed by atoms with Crippen molar-refractivity contribution in [2.75, 3.05) is 13.1 Å². The van der Waals surface area contributed by atoms with E-state index in [2.05, 4.69) is 33.5 Å². The van der Waals surface area contributed by atoms with Gasteiger partial charge in [-0.3, -0.25) is 4.79 Å². The van der Waals surface area contributed by atoms with Gasteiger partial charge in [0.2, 0.25) is 0 Å². The van der Waals surface area contributed by atoms with Crippen molar-refractivity contribution < 1.29 is 4.90 Å². The molecule has 0 saturated carbocycles. The zero-order valence-electron chi connectivity index (χ0n) is 14.5. The highest BCUT2D eigenvalue weighted by molar-refractivity contribution is 7.09. The fraction of sp³-hybridized carbons (Fsp3) is 0.350. The minimum absolute atomic E-state index is 0.105. The van der Waals surface area contributed by atoms with E-state index in [0.717, 1.165) is 31.7 Å². The highest BCUT2D eigenvalue weighted by atomic mass is 32.1. The summed E-state index contributed by atoms with van der Waals surface area (Å²) in [5.74, 6) is 1.06. The Labute approximate surface area is 156 Å². The molecule has 0 aliphatic carbocycles. The normalized spacial score (nSPS) is 24.2. The molecule has 6 heteroatoms. The van der Waals surface area contributed by atoms with Crippen LogP contribution in [-0.2, 0) is 13.1 Å². The van der Waals surface area contributed by atoms with Crippen LogP contribution in [0.3, 0.4) is 0 Å². The number of fused-ring (bicyclic) bond motifs is 4. The summed E-state index contributed by atoms with van der Waals surface area (Å²) in [6.45, 7) is 4.20. The summed E-state index contributed by atoms with van der Waals surface area (Å²) < 4.78 is 2.02. The molecule has 3 aromatic rings. The second-order valence-corrected chi connectivity index (χ2v) is 8.46. The summed E-state index contributed by atoms with van der Waals surface area (Å²) in [4.78, 5) is 24.3. The molecule has 0 radical (unpaired) electrons. The second kappa shape index (κ2) is 6.45. The summed E-state index contributed by atoms with van der Waals surface area (Å²) in [7, 11) is 0. The van der Waals surface area contributed by atoms with Gasteiger partial charge in [-0.25, -0.2) is 9.97 Å². The van der Waals surface area contributed by atoms with Gasteiger partial charge in [0.15, 0.2) is 0 Å². The number of thiophene rings is 1. The molecule has 3 atom stereocenters. The van der Waals surface area contributed by atoms with E-state index in [1.165, 1.54) is 23.3 Å². The van der Waals surface area contributed by atoms with E-state index in [4.69, 9.17) is 0 Å². The van der Waals surface area contributed by atoms with Crippen LogP contribution >= 0.6 is 11.3 Å². The average Bonchev–Trinajstić information content (AvgIpc) is 3.16. The van der Waals surface area contributed by atoms with Crippen molar-refractivity contribution in [2.24, 2.45) is 5.92 Å². The lowest BCUT2D eigenvalue weighted by Crippen LogP contribution is -3.13. The Morgan fingerprint density at radius 1 is 1.19 bits per heavy atom. The van der Waals surface area contributed by atoms with Crippen LogP contribution in [0.1, 0.15) is 22.9 Å². The maximum Gasteiger partial charge on any atom is 0.258 e. The first-order valence-electron chi connectivity index (χ1n) is 9.13. The summed E-state index contributed by atoms with van der Waals surface area (Å²) in [6, 6.07) is 8.47. The number of hydrogen-bond acceptors (Lipinski definition) is 4. The third-order valence-corrected chi connectivity index (χ3v) is 6.55. The topological polar surface area (TPSA) is 52.2 Å². The number of nitrogens with zero attached hydrogens (tertiary/aromatic N) is 3. The number of hydrogen-bond donors (Lipinski definition) is 1. The molecule has 2 aliphatic rings. The van der Waals surface area contributed by atoms with E-state index in [1.807, 2.05) is 22.0 Å². The minimum atomic E-state index is 0.105. The SMILES string of the molecule is O=c1c(-c2cncnc2)ccc2n1C[C@H]1C[C@@H]2C[NH+](Cc2cccs2)C1. The van der Waals surface area contributed by atoms with E-state index >= 15 is 0 Å². The number of nitrogens with one attached hydrogen (secondary N) is 1. The molecule has 3 aromatic heterocycles. The summed E-state index contributed by atoms with van der Waals surface area (Å²) in [6.07, 6.45) is 6.14. The predicted molar refractivity (Wildman–Crippen MR) is 101 cm³/mol.